The van der Waals surface area contributed by atoms with E-state index in [2.05, 4.69) is 17.5 Å². The fourth-order valence-corrected chi connectivity index (χ4v) is 1.47. The number of rotatable bonds is 4. The van der Waals surface area contributed by atoms with Crippen LogP contribution in [0.5, 0.6) is 0 Å². The molecule has 1 aromatic carbocycles. The molecule has 0 saturated carbocycles. The van der Waals surface area contributed by atoms with Crippen LogP contribution in [0.15, 0.2) is 18.2 Å². The van der Waals surface area contributed by atoms with Crippen molar-refractivity contribution >= 4 is 28.8 Å². The summed E-state index contributed by atoms with van der Waals surface area (Å²) in [6, 6.07) is 3.23. The molecule has 0 aliphatic heterocycles. The van der Waals surface area contributed by atoms with Gasteiger partial charge in [-0.3, -0.25) is 4.79 Å². The topological polar surface area (TPSA) is 55.1 Å². The summed E-state index contributed by atoms with van der Waals surface area (Å²) in [5.41, 5.74) is 5.49. The predicted octanol–water partition coefficient (Wildman–Crippen LogP) is 2.74. The maximum atomic E-state index is 13.0. The third-order valence-electron chi connectivity index (χ3n) is 2.16. The number of carbonyl (C=O) groups excluding carboxylic acids is 1. The molecule has 3 nitrogen and oxygen atoms in total. The number of halogens is 4. The summed E-state index contributed by atoms with van der Waals surface area (Å²) >= 11 is 4.67. The Bertz CT molecular complexity index is 502. The second-order valence-electron chi connectivity index (χ2n) is 3.72. The first kappa shape index (κ1) is 15.4. The van der Waals surface area contributed by atoms with Crippen LogP contribution < -0.4 is 11.1 Å². The van der Waals surface area contributed by atoms with Gasteiger partial charge >= 0.3 is 6.18 Å². The molecule has 0 aliphatic rings. The predicted molar refractivity (Wildman–Crippen MR) is 66.2 cm³/mol. The number of hydrogen-bond donors (Lipinski definition) is 2. The third-order valence-corrected chi connectivity index (χ3v) is 2.38. The van der Waals surface area contributed by atoms with Gasteiger partial charge in [0, 0.05) is 12.0 Å². The van der Waals surface area contributed by atoms with Gasteiger partial charge in [0.1, 0.15) is 10.8 Å². The second-order valence-corrected chi connectivity index (χ2v) is 4.16. The van der Waals surface area contributed by atoms with Crippen LogP contribution in [0, 0.1) is 5.82 Å². The third kappa shape index (κ3) is 5.21. The number of nitrogens with two attached hydrogens (primary N) is 1. The fourth-order valence-electron chi connectivity index (χ4n) is 1.30. The van der Waals surface area contributed by atoms with Gasteiger partial charge in [-0.25, -0.2) is 4.39 Å². The Morgan fingerprint density at radius 1 is 1.37 bits per heavy atom. The number of alkyl halides is 3. The SMILES string of the molecule is NC(=S)c1cc(F)ccc1NC(=O)CCC(F)(F)F. The summed E-state index contributed by atoms with van der Waals surface area (Å²) in [4.78, 5) is 11.2. The molecule has 8 heteroatoms. The van der Waals surface area contributed by atoms with Crippen LogP contribution in [-0.4, -0.2) is 17.1 Å². The van der Waals surface area contributed by atoms with E-state index in [1.807, 2.05) is 0 Å². The molecular formula is C11H10F4N2OS. The van der Waals surface area contributed by atoms with Crippen molar-refractivity contribution in [3.63, 3.8) is 0 Å². The summed E-state index contributed by atoms with van der Waals surface area (Å²) < 4.78 is 48.8. The van der Waals surface area contributed by atoms with E-state index in [1.54, 1.807) is 0 Å². The van der Waals surface area contributed by atoms with Gasteiger partial charge in [-0.2, -0.15) is 13.2 Å². The molecule has 19 heavy (non-hydrogen) atoms. The van der Waals surface area contributed by atoms with E-state index < -0.39 is 30.7 Å². The first-order chi connectivity index (χ1) is 8.69. The first-order valence-corrected chi connectivity index (χ1v) is 5.56. The van der Waals surface area contributed by atoms with Crippen molar-refractivity contribution in [3.8, 4) is 0 Å². The number of anilines is 1. The van der Waals surface area contributed by atoms with Crippen LogP contribution in [0.4, 0.5) is 23.2 Å². The van der Waals surface area contributed by atoms with Gasteiger partial charge in [0.05, 0.1) is 12.1 Å². The molecule has 0 aliphatic carbocycles. The Hall–Kier alpha value is -1.70. The van der Waals surface area contributed by atoms with Gasteiger partial charge < -0.3 is 11.1 Å². The zero-order valence-corrected chi connectivity index (χ0v) is 10.4. The summed E-state index contributed by atoms with van der Waals surface area (Å²) in [7, 11) is 0. The largest absolute Gasteiger partial charge is 0.389 e. The molecule has 1 amide bonds. The standard InChI is InChI=1S/C11H10F4N2OS/c12-6-1-2-8(7(5-6)10(16)19)17-9(18)3-4-11(13,14)15/h1-2,5H,3-4H2,(H2,16,19)(H,17,18). The van der Waals surface area contributed by atoms with Crippen LogP contribution in [0.2, 0.25) is 0 Å². The van der Waals surface area contributed by atoms with Crippen molar-refractivity contribution in [1.82, 2.24) is 0 Å². The van der Waals surface area contributed by atoms with E-state index in [4.69, 9.17) is 5.73 Å². The molecule has 1 rings (SSSR count). The van der Waals surface area contributed by atoms with Crippen molar-refractivity contribution in [1.29, 1.82) is 0 Å². The van der Waals surface area contributed by atoms with Crippen molar-refractivity contribution in [2.45, 2.75) is 19.0 Å². The Morgan fingerprint density at radius 2 is 2.00 bits per heavy atom. The lowest BCUT2D eigenvalue weighted by Crippen LogP contribution is -2.19. The highest BCUT2D eigenvalue weighted by Gasteiger charge is 2.28. The zero-order chi connectivity index (χ0) is 14.6. The lowest BCUT2D eigenvalue weighted by molar-refractivity contribution is -0.142. The number of thiocarbonyl (C=S) groups is 1. The second kappa shape index (κ2) is 5.96. The normalized spacial score (nSPS) is 11.2. The summed E-state index contributed by atoms with van der Waals surface area (Å²) in [5, 5.41) is 2.22. The van der Waals surface area contributed by atoms with Crippen molar-refractivity contribution < 1.29 is 22.4 Å². The first-order valence-electron chi connectivity index (χ1n) is 5.15. The monoisotopic (exact) mass is 294 g/mol. The van der Waals surface area contributed by atoms with Crippen LogP contribution in [0.1, 0.15) is 18.4 Å². The Morgan fingerprint density at radius 3 is 2.53 bits per heavy atom. The maximum Gasteiger partial charge on any atom is 0.389 e. The number of amides is 1. The van der Waals surface area contributed by atoms with Crippen molar-refractivity contribution in [2.24, 2.45) is 5.73 Å². The van der Waals surface area contributed by atoms with E-state index in [1.165, 1.54) is 6.07 Å². The molecule has 0 bridgehead atoms. The molecule has 0 unspecified atom stereocenters. The highest BCUT2D eigenvalue weighted by Crippen LogP contribution is 2.22. The van der Waals surface area contributed by atoms with Gasteiger partial charge in [-0.15, -0.1) is 0 Å². The maximum absolute atomic E-state index is 13.0. The van der Waals surface area contributed by atoms with E-state index in [0.717, 1.165) is 12.1 Å². The van der Waals surface area contributed by atoms with Crippen LogP contribution in [0.3, 0.4) is 0 Å². The summed E-state index contributed by atoms with van der Waals surface area (Å²) in [5.74, 6) is -1.46. The number of hydrogen-bond acceptors (Lipinski definition) is 2. The Labute approximate surface area is 111 Å². The van der Waals surface area contributed by atoms with E-state index in [-0.39, 0.29) is 16.2 Å². The van der Waals surface area contributed by atoms with Gasteiger partial charge in [0.2, 0.25) is 5.91 Å². The minimum atomic E-state index is -4.41. The molecule has 0 saturated heterocycles. The molecule has 1 aromatic rings. The molecule has 0 spiro atoms. The lowest BCUT2D eigenvalue weighted by atomic mass is 10.1. The minimum Gasteiger partial charge on any atom is -0.389 e. The molecule has 104 valence electrons. The zero-order valence-electron chi connectivity index (χ0n) is 9.55. The van der Waals surface area contributed by atoms with E-state index >= 15 is 0 Å². The number of nitrogens with one attached hydrogen (secondary N) is 1. The van der Waals surface area contributed by atoms with Crippen LogP contribution in [-0.2, 0) is 4.79 Å². The lowest BCUT2D eigenvalue weighted by Gasteiger charge is -2.11. The van der Waals surface area contributed by atoms with Gasteiger partial charge in [0.25, 0.3) is 0 Å². The van der Waals surface area contributed by atoms with Gasteiger partial charge in [-0.05, 0) is 18.2 Å². The quantitative estimate of drug-likeness (QED) is 0.663. The number of benzene rings is 1. The minimum absolute atomic E-state index is 0.0651. The molecule has 0 atom stereocenters. The molecule has 0 heterocycles. The average Bonchev–Trinajstić information content (AvgIpc) is 2.28. The van der Waals surface area contributed by atoms with Crippen molar-refractivity contribution in [3.05, 3.63) is 29.6 Å². The molecule has 0 radical (unpaired) electrons. The highest BCUT2D eigenvalue weighted by atomic mass is 32.1. The Balaban J connectivity index is 2.77. The summed E-state index contributed by atoms with van der Waals surface area (Å²) in [6.07, 6.45) is -6.37. The Kier molecular flexibility index (Phi) is 4.82. The van der Waals surface area contributed by atoms with Gasteiger partial charge in [-0.1, -0.05) is 12.2 Å². The fraction of sp³-hybridized carbons (Fsp3) is 0.273. The summed E-state index contributed by atoms with van der Waals surface area (Å²) in [6.45, 7) is 0. The average molecular weight is 294 g/mol. The molecule has 0 aromatic heterocycles. The molecule has 0 fully saturated rings. The highest BCUT2D eigenvalue weighted by molar-refractivity contribution is 7.80. The smallest absolute Gasteiger partial charge is 0.389 e. The van der Waals surface area contributed by atoms with Crippen molar-refractivity contribution in [2.75, 3.05) is 5.32 Å². The van der Waals surface area contributed by atoms with E-state index in [0.29, 0.717) is 0 Å². The number of carbonyl (C=O) groups is 1. The van der Waals surface area contributed by atoms with Crippen LogP contribution >= 0.6 is 12.2 Å². The molecule has 3 N–H and O–H groups in total. The van der Waals surface area contributed by atoms with Gasteiger partial charge in [0.15, 0.2) is 0 Å². The van der Waals surface area contributed by atoms with Crippen LogP contribution in [0.25, 0.3) is 0 Å². The molecular weight excluding hydrogens is 284 g/mol. The van der Waals surface area contributed by atoms with E-state index in [9.17, 15) is 22.4 Å².